The standard InChI is InChI=1S/C30H36ClN3O5S/c1-5-22(2)32-30(36)27(18-23-12-8-6-9-13-23)33(20-24-14-10-7-11-15-24)29(35)21-34(40(4,37)38)25-16-17-28(39-3)26(31)19-25/h6-17,19,22,27H,5,18,20-21H2,1-4H3,(H,32,36)/t22-,27+/m0/s1. The third-order valence-corrected chi connectivity index (χ3v) is 8.01. The van der Waals surface area contributed by atoms with Gasteiger partial charge in [-0.05, 0) is 42.7 Å². The maximum Gasteiger partial charge on any atom is 0.244 e. The number of nitrogens with one attached hydrogen (secondary N) is 1. The molecule has 0 saturated heterocycles. The topological polar surface area (TPSA) is 96.0 Å². The van der Waals surface area contributed by atoms with E-state index in [0.29, 0.717) is 5.75 Å². The van der Waals surface area contributed by atoms with Crippen LogP contribution in [0.3, 0.4) is 0 Å². The van der Waals surface area contributed by atoms with Crippen LogP contribution in [0, 0.1) is 0 Å². The molecule has 0 aromatic heterocycles. The lowest BCUT2D eigenvalue weighted by atomic mass is 10.0. The van der Waals surface area contributed by atoms with Crippen LogP contribution in [0.4, 0.5) is 5.69 Å². The second kappa shape index (κ2) is 14.2. The molecule has 3 aromatic carbocycles. The molecule has 0 heterocycles. The molecule has 0 radical (unpaired) electrons. The molecule has 0 aliphatic carbocycles. The number of sulfonamides is 1. The van der Waals surface area contributed by atoms with E-state index >= 15 is 0 Å². The van der Waals surface area contributed by atoms with E-state index in [2.05, 4.69) is 5.32 Å². The van der Waals surface area contributed by atoms with Gasteiger partial charge in [-0.2, -0.15) is 0 Å². The monoisotopic (exact) mass is 585 g/mol. The van der Waals surface area contributed by atoms with Crippen molar-refractivity contribution in [1.29, 1.82) is 0 Å². The number of hydrogen-bond acceptors (Lipinski definition) is 5. The Kier molecular flexibility index (Phi) is 11.0. The number of ether oxygens (including phenoxy) is 1. The summed E-state index contributed by atoms with van der Waals surface area (Å²) in [5.74, 6) is -0.456. The van der Waals surface area contributed by atoms with Crippen LogP contribution >= 0.6 is 11.6 Å². The van der Waals surface area contributed by atoms with Crippen molar-refractivity contribution in [1.82, 2.24) is 10.2 Å². The first-order valence-electron chi connectivity index (χ1n) is 13.0. The smallest absolute Gasteiger partial charge is 0.244 e. The molecule has 40 heavy (non-hydrogen) atoms. The highest BCUT2D eigenvalue weighted by molar-refractivity contribution is 7.92. The average molecular weight is 586 g/mol. The minimum absolute atomic E-state index is 0.103. The number of carbonyl (C=O) groups excluding carboxylic acids is 2. The van der Waals surface area contributed by atoms with Crippen LogP contribution in [0.25, 0.3) is 0 Å². The summed E-state index contributed by atoms with van der Waals surface area (Å²) in [7, 11) is -2.44. The fourth-order valence-corrected chi connectivity index (χ4v) is 5.29. The molecule has 0 fully saturated rings. The highest BCUT2D eigenvalue weighted by Gasteiger charge is 2.33. The van der Waals surface area contributed by atoms with Crippen molar-refractivity contribution >= 4 is 39.1 Å². The lowest BCUT2D eigenvalue weighted by Crippen LogP contribution is -2.54. The number of anilines is 1. The van der Waals surface area contributed by atoms with E-state index in [0.717, 1.165) is 28.1 Å². The van der Waals surface area contributed by atoms with E-state index in [9.17, 15) is 18.0 Å². The van der Waals surface area contributed by atoms with E-state index < -0.39 is 28.5 Å². The Bertz CT molecular complexity index is 1390. The largest absolute Gasteiger partial charge is 0.495 e. The molecule has 0 bridgehead atoms. The Hall–Kier alpha value is -3.56. The minimum Gasteiger partial charge on any atom is -0.495 e. The van der Waals surface area contributed by atoms with Crippen molar-refractivity contribution in [2.45, 2.75) is 45.3 Å². The Morgan fingerprint density at radius 3 is 2.10 bits per heavy atom. The van der Waals surface area contributed by atoms with Crippen molar-refractivity contribution in [3.8, 4) is 5.75 Å². The second-order valence-corrected chi connectivity index (χ2v) is 11.9. The van der Waals surface area contributed by atoms with Gasteiger partial charge in [-0.25, -0.2) is 8.42 Å². The molecule has 8 nitrogen and oxygen atoms in total. The van der Waals surface area contributed by atoms with Crippen LogP contribution in [0.1, 0.15) is 31.4 Å². The summed E-state index contributed by atoms with van der Waals surface area (Å²) in [5.41, 5.74) is 1.90. The zero-order valence-electron chi connectivity index (χ0n) is 23.2. The fourth-order valence-electron chi connectivity index (χ4n) is 4.20. The third-order valence-electron chi connectivity index (χ3n) is 6.57. The van der Waals surface area contributed by atoms with Crippen molar-refractivity contribution in [2.24, 2.45) is 0 Å². The average Bonchev–Trinajstić information content (AvgIpc) is 2.93. The van der Waals surface area contributed by atoms with Crippen molar-refractivity contribution < 1.29 is 22.7 Å². The summed E-state index contributed by atoms with van der Waals surface area (Å²) < 4.78 is 32.0. The molecule has 0 unspecified atom stereocenters. The van der Waals surface area contributed by atoms with E-state index in [1.54, 1.807) is 6.07 Å². The van der Waals surface area contributed by atoms with Crippen molar-refractivity contribution in [3.05, 3.63) is 95.0 Å². The maximum atomic E-state index is 14.1. The van der Waals surface area contributed by atoms with Crippen LogP contribution in [0.2, 0.25) is 5.02 Å². The van der Waals surface area contributed by atoms with Gasteiger partial charge in [-0.3, -0.25) is 13.9 Å². The quantitative estimate of drug-likeness (QED) is 0.314. The van der Waals surface area contributed by atoms with E-state index in [-0.39, 0.29) is 35.6 Å². The molecular weight excluding hydrogens is 550 g/mol. The highest BCUT2D eigenvalue weighted by Crippen LogP contribution is 2.30. The summed E-state index contributed by atoms with van der Waals surface area (Å²) in [6.45, 7) is 3.47. The first kappa shape index (κ1) is 31.0. The molecule has 214 valence electrons. The molecule has 3 aromatic rings. The lowest BCUT2D eigenvalue weighted by Gasteiger charge is -2.34. The molecule has 2 atom stereocenters. The molecule has 0 saturated carbocycles. The van der Waals surface area contributed by atoms with Gasteiger partial charge in [0.25, 0.3) is 0 Å². The Balaban J connectivity index is 2.05. The minimum atomic E-state index is -3.90. The maximum absolute atomic E-state index is 14.1. The SMILES string of the molecule is CC[C@H](C)NC(=O)[C@@H](Cc1ccccc1)N(Cc1ccccc1)C(=O)CN(c1ccc(OC)c(Cl)c1)S(C)(=O)=O. The number of carbonyl (C=O) groups is 2. The molecule has 2 amide bonds. The number of amides is 2. The molecule has 10 heteroatoms. The van der Waals surface area contributed by atoms with Crippen LogP contribution in [0.5, 0.6) is 5.75 Å². The molecule has 3 rings (SSSR count). The van der Waals surface area contributed by atoms with E-state index in [1.807, 2.05) is 74.5 Å². The third kappa shape index (κ3) is 8.47. The van der Waals surface area contributed by atoms with Crippen LogP contribution in [-0.2, 0) is 32.6 Å². The number of benzene rings is 3. The predicted molar refractivity (Wildman–Crippen MR) is 159 cm³/mol. The highest BCUT2D eigenvalue weighted by atomic mass is 35.5. The van der Waals surface area contributed by atoms with Gasteiger partial charge in [0.05, 0.1) is 24.1 Å². The molecule has 0 aliphatic heterocycles. The Morgan fingerprint density at radius 1 is 0.975 bits per heavy atom. The van der Waals surface area contributed by atoms with E-state index in [4.69, 9.17) is 16.3 Å². The van der Waals surface area contributed by atoms with Crippen LogP contribution < -0.4 is 14.4 Å². The summed E-state index contributed by atoms with van der Waals surface area (Å²) in [4.78, 5) is 29.2. The van der Waals surface area contributed by atoms with Gasteiger partial charge in [0.1, 0.15) is 18.3 Å². The van der Waals surface area contributed by atoms with Gasteiger partial charge >= 0.3 is 0 Å². The normalized spacial score (nSPS) is 12.7. The predicted octanol–water partition coefficient (Wildman–Crippen LogP) is 4.67. The van der Waals surface area contributed by atoms with Gasteiger partial charge in [0.15, 0.2) is 0 Å². The summed E-state index contributed by atoms with van der Waals surface area (Å²) >= 11 is 6.28. The zero-order chi connectivity index (χ0) is 29.3. The summed E-state index contributed by atoms with van der Waals surface area (Å²) in [6.07, 6.45) is 2.00. The number of methoxy groups -OCH3 is 1. The molecule has 1 N–H and O–H groups in total. The summed E-state index contributed by atoms with van der Waals surface area (Å²) in [5, 5.41) is 3.22. The van der Waals surface area contributed by atoms with Gasteiger partial charge in [0, 0.05) is 19.0 Å². The Labute approximate surface area is 241 Å². The van der Waals surface area contributed by atoms with E-state index in [1.165, 1.54) is 24.1 Å². The Morgan fingerprint density at radius 2 is 1.57 bits per heavy atom. The zero-order valence-corrected chi connectivity index (χ0v) is 24.8. The number of rotatable bonds is 13. The van der Waals surface area contributed by atoms with Gasteiger partial charge < -0.3 is 15.0 Å². The molecule has 0 spiro atoms. The van der Waals surface area contributed by atoms with Crippen LogP contribution in [-0.4, -0.2) is 57.1 Å². The number of nitrogens with zero attached hydrogens (tertiary/aromatic N) is 2. The van der Waals surface area contributed by atoms with Crippen LogP contribution in [0.15, 0.2) is 78.9 Å². The molecular formula is C30H36ClN3O5S. The fraction of sp³-hybridized carbons (Fsp3) is 0.333. The van der Waals surface area contributed by atoms with Crippen molar-refractivity contribution in [3.63, 3.8) is 0 Å². The first-order chi connectivity index (χ1) is 19.0. The van der Waals surface area contributed by atoms with Gasteiger partial charge in [0.2, 0.25) is 21.8 Å². The number of hydrogen-bond donors (Lipinski definition) is 1. The summed E-state index contributed by atoms with van der Waals surface area (Å²) in [6, 6.07) is 22.3. The van der Waals surface area contributed by atoms with Gasteiger partial charge in [-0.1, -0.05) is 79.2 Å². The second-order valence-electron chi connectivity index (χ2n) is 9.62. The van der Waals surface area contributed by atoms with Crippen molar-refractivity contribution in [2.75, 3.05) is 24.2 Å². The first-order valence-corrected chi connectivity index (χ1v) is 15.2. The van der Waals surface area contributed by atoms with Gasteiger partial charge in [-0.15, -0.1) is 0 Å². The molecule has 0 aliphatic rings. The lowest BCUT2D eigenvalue weighted by molar-refractivity contribution is -0.140. The number of halogens is 1.